The number of carbonyl (C=O) groups is 1. The van der Waals surface area contributed by atoms with E-state index >= 15 is 0 Å². The van der Waals surface area contributed by atoms with Crippen LogP contribution in [0, 0.1) is 5.21 Å². The zero-order chi connectivity index (χ0) is 10.4. The Hall–Kier alpha value is -1.84. The van der Waals surface area contributed by atoms with Crippen LogP contribution in [0.4, 0.5) is 0 Å². The first-order valence-electron chi connectivity index (χ1n) is 4.26. The van der Waals surface area contributed by atoms with Gasteiger partial charge in [-0.15, -0.1) is 0 Å². The number of hydrogen-bond acceptors (Lipinski definition) is 3. The number of aromatic nitrogens is 1. The summed E-state index contributed by atoms with van der Waals surface area (Å²) >= 11 is 0. The van der Waals surface area contributed by atoms with E-state index in [1.54, 1.807) is 19.1 Å². The fraction of sp³-hybridized carbons (Fsp3) is 0.200. The SMILES string of the molecule is CCOC(=O)/C=C/c1ccc[n+]([O-])c1. The molecule has 0 bridgehead atoms. The lowest BCUT2D eigenvalue weighted by atomic mass is 10.2. The third-order valence-corrected chi connectivity index (χ3v) is 1.50. The first-order chi connectivity index (χ1) is 6.72. The van der Waals surface area contributed by atoms with Crippen LogP contribution in [0.5, 0.6) is 0 Å². The maximum Gasteiger partial charge on any atom is 0.330 e. The average molecular weight is 193 g/mol. The molecule has 1 heterocycles. The van der Waals surface area contributed by atoms with E-state index in [1.807, 2.05) is 0 Å². The van der Waals surface area contributed by atoms with Gasteiger partial charge in [0.05, 0.1) is 6.61 Å². The van der Waals surface area contributed by atoms with Crippen molar-refractivity contribution in [1.29, 1.82) is 0 Å². The lowest BCUT2D eigenvalue weighted by Crippen LogP contribution is -2.24. The summed E-state index contributed by atoms with van der Waals surface area (Å²) in [7, 11) is 0. The van der Waals surface area contributed by atoms with Gasteiger partial charge in [-0.25, -0.2) is 4.79 Å². The summed E-state index contributed by atoms with van der Waals surface area (Å²) in [5.74, 6) is -0.409. The first-order valence-corrected chi connectivity index (χ1v) is 4.26. The van der Waals surface area contributed by atoms with Crippen LogP contribution in [0.3, 0.4) is 0 Å². The minimum absolute atomic E-state index is 0.347. The van der Waals surface area contributed by atoms with Gasteiger partial charge in [0.2, 0.25) is 0 Å². The number of rotatable bonds is 3. The molecule has 0 aliphatic carbocycles. The molecule has 0 aliphatic rings. The lowest BCUT2D eigenvalue weighted by molar-refractivity contribution is -0.605. The minimum atomic E-state index is -0.409. The summed E-state index contributed by atoms with van der Waals surface area (Å²) in [5.41, 5.74) is 0.663. The van der Waals surface area contributed by atoms with Crippen molar-refractivity contribution in [3.8, 4) is 0 Å². The van der Waals surface area contributed by atoms with Crippen LogP contribution in [-0.2, 0) is 9.53 Å². The molecule has 1 rings (SSSR count). The monoisotopic (exact) mass is 193 g/mol. The van der Waals surface area contributed by atoms with Crippen molar-refractivity contribution in [3.63, 3.8) is 0 Å². The summed E-state index contributed by atoms with van der Waals surface area (Å²) in [6, 6.07) is 3.34. The van der Waals surface area contributed by atoms with Crippen molar-refractivity contribution in [1.82, 2.24) is 0 Å². The molecular weight excluding hydrogens is 182 g/mol. The van der Waals surface area contributed by atoms with E-state index in [1.165, 1.54) is 24.5 Å². The number of carbonyl (C=O) groups excluding carboxylic acids is 1. The van der Waals surface area contributed by atoms with Crippen LogP contribution in [0.1, 0.15) is 12.5 Å². The Morgan fingerprint density at radius 3 is 3.14 bits per heavy atom. The Morgan fingerprint density at radius 1 is 1.71 bits per heavy atom. The van der Waals surface area contributed by atoms with Crippen molar-refractivity contribution in [3.05, 3.63) is 41.4 Å². The Balaban J connectivity index is 2.64. The predicted octanol–water partition coefficient (Wildman–Crippen LogP) is 0.896. The third kappa shape index (κ3) is 3.26. The summed E-state index contributed by atoms with van der Waals surface area (Å²) in [5, 5.41) is 10.8. The van der Waals surface area contributed by atoms with Gasteiger partial charge in [0.25, 0.3) is 0 Å². The minimum Gasteiger partial charge on any atom is -0.619 e. The molecule has 0 N–H and O–H groups in total. The molecule has 0 amide bonds. The summed E-state index contributed by atoms with van der Waals surface area (Å²) < 4.78 is 5.35. The molecule has 14 heavy (non-hydrogen) atoms. The maximum atomic E-state index is 10.9. The molecule has 0 unspecified atom stereocenters. The molecule has 74 valence electrons. The Labute approximate surface area is 82.0 Å². The maximum absolute atomic E-state index is 10.9. The van der Waals surface area contributed by atoms with Crippen molar-refractivity contribution in [2.45, 2.75) is 6.92 Å². The van der Waals surface area contributed by atoms with Gasteiger partial charge < -0.3 is 9.94 Å². The predicted molar refractivity (Wildman–Crippen MR) is 51.1 cm³/mol. The van der Waals surface area contributed by atoms with E-state index in [9.17, 15) is 10.0 Å². The van der Waals surface area contributed by atoms with Crippen molar-refractivity contribution in [2.75, 3.05) is 6.61 Å². The molecule has 0 fully saturated rings. The second kappa shape index (κ2) is 5.01. The normalized spacial score (nSPS) is 10.4. The molecule has 1 aromatic rings. The Kier molecular flexibility index (Phi) is 3.67. The van der Waals surface area contributed by atoms with Gasteiger partial charge in [-0.3, -0.25) is 0 Å². The molecule has 0 aromatic carbocycles. The van der Waals surface area contributed by atoms with Crippen LogP contribution in [0.15, 0.2) is 30.6 Å². The molecule has 1 aromatic heterocycles. The molecule has 0 atom stereocenters. The van der Waals surface area contributed by atoms with Crippen molar-refractivity contribution >= 4 is 12.0 Å². The first kappa shape index (κ1) is 10.2. The smallest absolute Gasteiger partial charge is 0.330 e. The zero-order valence-corrected chi connectivity index (χ0v) is 7.84. The van der Waals surface area contributed by atoms with Crippen LogP contribution in [-0.4, -0.2) is 12.6 Å². The third-order valence-electron chi connectivity index (χ3n) is 1.50. The van der Waals surface area contributed by atoms with Crippen LogP contribution in [0.25, 0.3) is 6.08 Å². The van der Waals surface area contributed by atoms with Gasteiger partial charge in [0.15, 0.2) is 12.4 Å². The van der Waals surface area contributed by atoms with Gasteiger partial charge in [-0.05, 0) is 19.1 Å². The van der Waals surface area contributed by atoms with Gasteiger partial charge in [0.1, 0.15) is 0 Å². The van der Waals surface area contributed by atoms with E-state index in [2.05, 4.69) is 4.74 Å². The number of hydrogen-bond donors (Lipinski definition) is 0. The number of nitrogens with zero attached hydrogens (tertiary/aromatic N) is 1. The van der Waals surface area contributed by atoms with Gasteiger partial charge in [-0.2, -0.15) is 4.73 Å². The lowest BCUT2D eigenvalue weighted by Gasteiger charge is -1.96. The van der Waals surface area contributed by atoms with Crippen molar-refractivity contribution < 1.29 is 14.3 Å². The molecular formula is C10H11NO3. The summed E-state index contributed by atoms with van der Waals surface area (Å²) in [6.07, 6.45) is 5.57. The van der Waals surface area contributed by atoms with Crippen molar-refractivity contribution in [2.24, 2.45) is 0 Å². The van der Waals surface area contributed by atoms with E-state index in [0.717, 1.165) is 0 Å². The highest BCUT2D eigenvalue weighted by Gasteiger charge is 1.95. The van der Waals surface area contributed by atoms with E-state index in [4.69, 9.17) is 0 Å². The molecule has 0 saturated heterocycles. The van der Waals surface area contributed by atoms with Gasteiger partial charge >= 0.3 is 5.97 Å². The number of ether oxygens (including phenoxy) is 1. The Bertz CT molecular complexity index is 347. The summed E-state index contributed by atoms with van der Waals surface area (Å²) in [6.45, 7) is 2.08. The largest absolute Gasteiger partial charge is 0.619 e. The Morgan fingerprint density at radius 2 is 2.50 bits per heavy atom. The standard InChI is InChI=1S/C10H11NO3/c1-2-14-10(12)6-5-9-4-3-7-11(13)8-9/h3-8H,2H2,1H3/b6-5+. The fourth-order valence-electron chi connectivity index (χ4n) is 0.925. The fourth-order valence-corrected chi connectivity index (χ4v) is 0.925. The van der Waals surface area contributed by atoms with Gasteiger partial charge in [-0.1, -0.05) is 0 Å². The highest BCUT2D eigenvalue weighted by molar-refractivity contribution is 5.86. The van der Waals surface area contributed by atoms with Crippen LogP contribution in [0.2, 0.25) is 0 Å². The highest BCUT2D eigenvalue weighted by Crippen LogP contribution is 1.97. The number of pyridine rings is 1. The molecule has 0 aliphatic heterocycles. The number of esters is 1. The summed E-state index contributed by atoms with van der Waals surface area (Å²) in [4.78, 5) is 10.9. The van der Waals surface area contributed by atoms with Crippen LogP contribution < -0.4 is 4.73 Å². The highest BCUT2D eigenvalue weighted by atomic mass is 16.5. The topological polar surface area (TPSA) is 53.2 Å². The second-order valence-corrected chi connectivity index (χ2v) is 2.58. The van der Waals surface area contributed by atoms with Crippen LogP contribution >= 0.6 is 0 Å². The molecule has 4 heteroatoms. The molecule has 0 radical (unpaired) electrons. The van der Waals surface area contributed by atoms with E-state index in [0.29, 0.717) is 16.9 Å². The molecule has 0 saturated carbocycles. The average Bonchev–Trinajstić information content (AvgIpc) is 2.15. The zero-order valence-electron chi connectivity index (χ0n) is 7.84. The van der Waals surface area contributed by atoms with Gasteiger partial charge in [0, 0.05) is 17.7 Å². The quantitative estimate of drug-likeness (QED) is 0.310. The molecule has 4 nitrogen and oxygen atoms in total. The molecule has 0 spiro atoms. The van der Waals surface area contributed by atoms with E-state index < -0.39 is 5.97 Å². The second-order valence-electron chi connectivity index (χ2n) is 2.58. The van der Waals surface area contributed by atoms with E-state index in [-0.39, 0.29) is 0 Å².